The van der Waals surface area contributed by atoms with E-state index in [2.05, 4.69) is 21.1 Å². The number of carbonyl (C=O) groups is 2. The maximum absolute atomic E-state index is 12.1. The summed E-state index contributed by atoms with van der Waals surface area (Å²) in [6.07, 6.45) is 11.2. The summed E-state index contributed by atoms with van der Waals surface area (Å²) >= 11 is 9.42. The molecule has 6 nitrogen and oxygen atoms in total. The number of rotatable bonds is 4. The van der Waals surface area contributed by atoms with E-state index in [-0.39, 0.29) is 18.7 Å². The van der Waals surface area contributed by atoms with Crippen LogP contribution in [0.2, 0.25) is 5.02 Å². The Bertz CT molecular complexity index is 771. The number of halogens is 2. The Labute approximate surface area is 204 Å². The number of hydrogen-bond acceptors (Lipinski definition) is 6. The van der Waals surface area contributed by atoms with Gasteiger partial charge in [-0.15, -0.1) is 0 Å². The molecule has 0 aromatic heterocycles. The van der Waals surface area contributed by atoms with Crippen LogP contribution < -0.4 is 4.74 Å². The third kappa shape index (κ3) is 11.3. The van der Waals surface area contributed by atoms with Gasteiger partial charge in [0.25, 0.3) is 0 Å². The van der Waals surface area contributed by atoms with Crippen molar-refractivity contribution in [3.8, 4) is 5.75 Å². The molecule has 1 saturated heterocycles. The van der Waals surface area contributed by atoms with E-state index in [0.29, 0.717) is 30.0 Å². The van der Waals surface area contributed by atoms with Crippen LogP contribution in [0.3, 0.4) is 0 Å². The Morgan fingerprint density at radius 2 is 1.75 bits per heavy atom. The number of cyclic esters (lactones) is 1. The molecule has 1 aliphatic heterocycles. The molecule has 0 spiro atoms. The number of ether oxygens (including phenoxy) is 2. The monoisotopic (exact) mass is 529 g/mol. The molecule has 0 saturated carbocycles. The van der Waals surface area contributed by atoms with Crippen LogP contribution in [-0.2, 0) is 19.2 Å². The molecule has 178 valence electrons. The minimum absolute atomic E-state index is 0.140. The number of nitrogens with zero attached hydrogens (tertiary/aromatic N) is 1. The number of esters is 1. The summed E-state index contributed by atoms with van der Waals surface area (Å²) in [5, 5.41) is 4.50. The smallest absolute Gasteiger partial charge is 0.372 e. The number of hydrogen-bond donors (Lipinski definition) is 0. The van der Waals surface area contributed by atoms with E-state index >= 15 is 0 Å². The molecule has 1 atom stereocenters. The SMILES string of the molecule is CC1CCC(=NOC(=O)COc2ccc(Br)cc2Cl)CCCCCCCCCCC(=O)O1. The van der Waals surface area contributed by atoms with Gasteiger partial charge < -0.3 is 14.3 Å². The molecule has 1 unspecified atom stereocenters. The van der Waals surface area contributed by atoms with Crippen molar-refractivity contribution in [1.29, 1.82) is 0 Å². The molecule has 0 aliphatic carbocycles. The fourth-order valence-electron chi connectivity index (χ4n) is 3.46. The third-order valence-electron chi connectivity index (χ3n) is 5.28. The molecular weight excluding hydrogens is 498 g/mol. The predicted molar refractivity (Wildman–Crippen MR) is 129 cm³/mol. The van der Waals surface area contributed by atoms with Crippen LogP contribution in [0.25, 0.3) is 0 Å². The fourth-order valence-corrected chi connectivity index (χ4v) is 4.19. The van der Waals surface area contributed by atoms with Crippen molar-refractivity contribution in [2.45, 2.75) is 90.1 Å². The lowest BCUT2D eigenvalue weighted by atomic mass is 10.0. The molecule has 0 bridgehead atoms. The standard InChI is InChI=1S/C24H33BrClNO5/c1-18-12-14-20(10-8-6-4-2-3-5-7-9-11-23(28)31-18)27-32-24(29)17-30-22-15-13-19(25)16-21(22)26/h13,15-16,18H,2-12,14,17H2,1H3. The zero-order chi connectivity index (χ0) is 23.2. The Hall–Kier alpha value is -1.60. The van der Waals surface area contributed by atoms with Gasteiger partial charge in [-0.1, -0.05) is 71.2 Å². The highest BCUT2D eigenvalue weighted by Gasteiger charge is 2.13. The van der Waals surface area contributed by atoms with Crippen LogP contribution in [0.1, 0.15) is 84.0 Å². The lowest BCUT2D eigenvalue weighted by Crippen LogP contribution is -2.17. The molecule has 1 fully saturated rings. The van der Waals surface area contributed by atoms with Gasteiger partial charge >= 0.3 is 11.9 Å². The molecule has 0 amide bonds. The van der Waals surface area contributed by atoms with E-state index < -0.39 is 5.97 Å². The molecule has 1 aliphatic rings. The Morgan fingerprint density at radius 1 is 1.09 bits per heavy atom. The molecule has 0 N–H and O–H groups in total. The second-order valence-corrected chi connectivity index (χ2v) is 9.47. The van der Waals surface area contributed by atoms with Gasteiger partial charge in [-0.05, 0) is 57.2 Å². The summed E-state index contributed by atoms with van der Waals surface area (Å²) in [6, 6.07) is 5.14. The van der Waals surface area contributed by atoms with E-state index in [4.69, 9.17) is 25.9 Å². The highest BCUT2D eigenvalue weighted by molar-refractivity contribution is 9.10. The number of oxime groups is 1. The summed E-state index contributed by atoms with van der Waals surface area (Å²) in [4.78, 5) is 29.2. The average molecular weight is 531 g/mol. The maximum Gasteiger partial charge on any atom is 0.372 e. The molecule has 32 heavy (non-hydrogen) atoms. The van der Waals surface area contributed by atoms with E-state index in [1.807, 2.05) is 6.92 Å². The van der Waals surface area contributed by atoms with E-state index in [9.17, 15) is 9.59 Å². The van der Waals surface area contributed by atoms with E-state index in [1.165, 1.54) is 25.7 Å². The molecular formula is C24H33BrClNO5. The first kappa shape index (κ1) is 26.7. The van der Waals surface area contributed by atoms with Gasteiger partial charge in [0.2, 0.25) is 0 Å². The largest absolute Gasteiger partial charge is 0.480 e. The molecule has 1 heterocycles. The second kappa shape index (κ2) is 15.3. The van der Waals surface area contributed by atoms with Gasteiger partial charge in [-0.25, -0.2) is 4.79 Å². The van der Waals surface area contributed by atoms with Crippen LogP contribution >= 0.6 is 27.5 Å². The second-order valence-electron chi connectivity index (χ2n) is 8.15. The lowest BCUT2D eigenvalue weighted by molar-refractivity contribution is -0.148. The van der Waals surface area contributed by atoms with Gasteiger partial charge in [-0.3, -0.25) is 4.79 Å². The lowest BCUT2D eigenvalue weighted by Gasteiger charge is -2.14. The van der Waals surface area contributed by atoms with Gasteiger partial charge in [0.1, 0.15) is 5.75 Å². The van der Waals surface area contributed by atoms with Crippen LogP contribution in [0.5, 0.6) is 5.75 Å². The van der Waals surface area contributed by atoms with Crippen molar-refractivity contribution in [3.05, 3.63) is 27.7 Å². The van der Waals surface area contributed by atoms with Crippen molar-refractivity contribution < 1.29 is 23.9 Å². The summed E-state index contributed by atoms with van der Waals surface area (Å²) in [6.45, 7) is 1.60. The first-order valence-electron chi connectivity index (χ1n) is 11.5. The van der Waals surface area contributed by atoms with Gasteiger partial charge in [0, 0.05) is 10.9 Å². The summed E-state index contributed by atoms with van der Waals surface area (Å²) in [7, 11) is 0. The van der Waals surface area contributed by atoms with Crippen molar-refractivity contribution in [3.63, 3.8) is 0 Å². The molecule has 1 aromatic rings. The summed E-state index contributed by atoms with van der Waals surface area (Å²) < 4.78 is 11.7. The van der Waals surface area contributed by atoms with Crippen molar-refractivity contribution in [2.24, 2.45) is 5.16 Å². The Morgan fingerprint density at radius 3 is 2.44 bits per heavy atom. The zero-order valence-corrected chi connectivity index (χ0v) is 21.1. The Balaban J connectivity index is 1.87. The minimum Gasteiger partial charge on any atom is -0.480 e. The first-order valence-corrected chi connectivity index (χ1v) is 12.6. The highest BCUT2D eigenvalue weighted by Crippen LogP contribution is 2.27. The number of carbonyl (C=O) groups excluding carboxylic acids is 2. The number of benzene rings is 1. The van der Waals surface area contributed by atoms with Crippen LogP contribution in [0.15, 0.2) is 27.8 Å². The molecule has 8 heteroatoms. The molecule has 1 aromatic carbocycles. The maximum atomic E-state index is 12.1. The minimum atomic E-state index is -0.594. The molecule has 0 radical (unpaired) electrons. The predicted octanol–water partition coefficient (Wildman–Crippen LogP) is 7.01. The first-order chi connectivity index (χ1) is 15.4. The van der Waals surface area contributed by atoms with E-state index in [1.54, 1.807) is 18.2 Å². The summed E-state index contributed by atoms with van der Waals surface area (Å²) in [5.74, 6) is -0.332. The topological polar surface area (TPSA) is 74.2 Å². The van der Waals surface area contributed by atoms with Crippen LogP contribution in [-0.4, -0.2) is 30.4 Å². The van der Waals surface area contributed by atoms with Crippen molar-refractivity contribution in [1.82, 2.24) is 0 Å². The van der Waals surface area contributed by atoms with Crippen molar-refractivity contribution in [2.75, 3.05) is 6.61 Å². The average Bonchev–Trinajstić information content (AvgIpc) is 2.74. The molecule has 2 rings (SSSR count). The quantitative estimate of drug-likeness (QED) is 0.238. The van der Waals surface area contributed by atoms with Gasteiger partial charge in [0.15, 0.2) is 6.61 Å². The zero-order valence-electron chi connectivity index (χ0n) is 18.7. The third-order valence-corrected chi connectivity index (χ3v) is 6.07. The Kier molecular flexibility index (Phi) is 12.7. The van der Waals surface area contributed by atoms with Crippen LogP contribution in [0, 0.1) is 0 Å². The van der Waals surface area contributed by atoms with Gasteiger partial charge in [0.05, 0.1) is 16.8 Å². The fraction of sp³-hybridized carbons (Fsp3) is 0.625. The van der Waals surface area contributed by atoms with Gasteiger partial charge in [-0.2, -0.15) is 0 Å². The van der Waals surface area contributed by atoms with E-state index in [0.717, 1.165) is 42.3 Å². The normalized spacial score (nSPS) is 21.0. The summed E-state index contributed by atoms with van der Waals surface area (Å²) in [5.41, 5.74) is 0.801. The van der Waals surface area contributed by atoms with Crippen LogP contribution in [0.4, 0.5) is 0 Å². The highest BCUT2D eigenvalue weighted by atomic mass is 79.9. The van der Waals surface area contributed by atoms with Crippen molar-refractivity contribution >= 4 is 45.2 Å².